The van der Waals surface area contributed by atoms with Gasteiger partial charge in [0.25, 0.3) is 5.91 Å². The number of hydrogen-bond donors (Lipinski definition) is 1. The fraction of sp³-hybridized carbons (Fsp3) is 0.417. The summed E-state index contributed by atoms with van der Waals surface area (Å²) in [6, 6.07) is 11.0. The van der Waals surface area contributed by atoms with Crippen LogP contribution in [0.25, 0.3) is 0 Å². The quantitative estimate of drug-likeness (QED) is 0.609. The van der Waals surface area contributed by atoms with Gasteiger partial charge in [-0.15, -0.1) is 0 Å². The molecule has 0 saturated carbocycles. The number of carbonyl (C=O) groups excluding carboxylic acids is 2. The predicted octanol–water partition coefficient (Wildman–Crippen LogP) is 4.87. The first kappa shape index (κ1) is 20.3. The SMILES string of the molecule is CONC(=O)c1ccc(C(=O)c2cc3c(cc2C)C(C)(C)CCC3(C)C)cc1. The molecule has 0 heterocycles. The Hall–Kier alpha value is -2.46. The highest BCUT2D eigenvalue weighted by atomic mass is 16.6. The van der Waals surface area contributed by atoms with E-state index in [-0.39, 0.29) is 22.5 Å². The molecule has 0 aromatic heterocycles. The molecule has 3 rings (SSSR count). The minimum Gasteiger partial charge on any atom is -0.289 e. The fourth-order valence-corrected chi connectivity index (χ4v) is 4.05. The van der Waals surface area contributed by atoms with Crippen molar-refractivity contribution in [1.82, 2.24) is 5.48 Å². The molecule has 0 atom stereocenters. The van der Waals surface area contributed by atoms with Crippen LogP contribution in [0.2, 0.25) is 0 Å². The molecule has 4 nitrogen and oxygen atoms in total. The van der Waals surface area contributed by atoms with Crippen molar-refractivity contribution in [2.24, 2.45) is 0 Å². The highest BCUT2D eigenvalue weighted by molar-refractivity contribution is 6.10. The number of benzene rings is 2. The van der Waals surface area contributed by atoms with Gasteiger partial charge in [0.1, 0.15) is 0 Å². The lowest BCUT2D eigenvalue weighted by atomic mass is 9.62. The van der Waals surface area contributed by atoms with Gasteiger partial charge in [-0.1, -0.05) is 45.9 Å². The number of rotatable bonds is 4. The Balaban J connectivity index is 2.00. The summed E-state index contributed by atoms with van der Waals surface area (Å²) >= 11 is 0. The summed E-state index contributed by atoms with van der Waals surface area (Å²) in [6.07, 6.45) is 2.25. The van der Waals surface area contributed by atoms with Gasteiger partial charge in [0.15, 0.2) is 5.78 Å². The van der Waals surface area contributed by atoms with E-state index in [1.165, 1.54) is 18.2 Å². The Bertz CT molecular complexity index is 924. The van der Waals surface area contributed by atoms with E-state index in [4.69, 9.17) is 0 Å². The third-order valence-corrected chi connectivity index (χ3v) is 6.05. The summed E-state index contributed by atoms with van der Waals surface area (Å²) in [4.78, 5) is 29.7. The number of nitrogens with one attached hydrogen (secondary N) is 1. The van der Waals surface area contributed by atoms with Gasteiger partial charge in [-0.3, -0.25) is 14.4 Å². The van der Waals surface area contributed by atoms with Gasteiger partial charge < -0.3 is 0 Å². The zero-order valence-electron chi connectivity index (χ0n) is 17.6. The average Bonchev–Trinajstić information content (AvgIpc) is 2.65. The van der Waals surface area contributed by atoms with Gasteiger partial charge in [0, 0.05) is 16.7 Å². The number of ketones is 1. The standard InChI is InChI=1S/C24H29NO3/c1-15-13-19-20(24(4,5)12-11-23(19,2)3)14-18(15)21(26)16-7-9-17(10-8-16)22(27)25-28-6/h7-10,13-14H,11-12H2,1-6H3,(H,25,27). The number of aryl methyl sites for hydroxylation is 1. The van der Waals surface area contributed by atoms with E-state index in [0.29, 0.717) is 11.1 Å². The molecular weight excluding hydrogens is 350 g/mol. The topological polar surface area (TPSA) is 55.4 Å². The molecule has 4 heteroatoms. The van der Waals surface area contributed by atoms with Gasteiger partial charge in [0.05, 0.1) is 7.11 Å². The molecule has 1 aliphatic carbocycles. The molecule has 0 saturated heterocycles. The predicted molar refractivity (Wildman–Crippen MR) is 111 cm³/mol. The first-order valence-corrected chi connectivity index (χ1v) is 9.70. The van der Waals surface area contributed by atoms with Crippen LogP contribution in [-0.4, -0.2) is 18.8 Å². The van der Waals surface area contributed by atoms with E-state index >= 15 is 0 Å². The molecule has 1 amide bonds. The van der Waals surface area contributed by atoms with Crippen molar-refractivity contribution in [2.75, 3.05) is 7.11 Å². The zero-order chi connectivity index (χ0) is 20.7. The number of hydrogen-bond acceptors (Lipinski definition) is 3. The van der Waals surface area contributed by atoms with E-state index in [2.05, 4.69) is 50.1 Å². The number of fused-ring (bicyclic) bond motifs is 1. The van der Waals surface area contributed by atoms with Crippen LogP contribution in [0.1, 0.15) is 83.5 Å². The van der Waals surface area contributed by atoms with Crippen LogP contribution >= 0.6 is 0 Å². The van der Waals surface area contributed by atoms with Crippen molar-refractivity contribution in [3.8, 4) is 0 Å². The summed E-state index contributed by atoms with van der Waals surface area (Å²) in [5, 5.41) is 0. The van der Waals surface area contributed by atoms with Crippen molar-refractivity contribution in [3.63, 3.8) is 0 Å². The minimum absolute atomic E-state index is 0.0156. The molecule has 28 heavy (non-hydrogen) atoms. The van der Waals surface area contributed by atoms with Gasteiger partial charge in [-0.25, -0.2) is 5.48 Å². The molecule has 0 radical (unpaired) electrons. The Kier molecular flexibility index (Phi) is 5.20. The van der Waals surface area contributed by atoms with Crippen LogP contribution in [-0.2, 0) is 15.7 Å². The van der Waals surface area contributed by atoms with E-state index in [0.717, 1.165) is 24.0 Å². The molecule has 0 spiro atoms. The van der Waals surface area contributed by atoms with Crippen LogP contribution < -0.4 is 5.48 Å². The molecular formula is C24H29NO3. The highest BCUT2D eigenvalue weighted by Gasteiger charge is 2.37. The number of carbonyl (C=O) groups is 2. The molecule has 0 fully saturated rings. The highest BCUT2D eigenvalue weighted by Crippen LogP contribution is 2.46. The van der Waals surface area contributed by atoms with Gasteiger partial charge in [-0.2, -0.15) is 0 Å². The summed E-state index contributed by atoms with van der Waals surface area (Å²) in [5.41, 5.74) is 7.82. The second kappa shape index (κ2) is 7.17. The molecule has 1 aliphatic rings. The Morgan fingerprint density at radius 1 is 0.893 bits per heavy atom. The van der Waals surface area contributed by atoms with Crippen LogP contribution in [0.5, 0.6) is 0 Å². The lowest BCUT2D eigenvalue weighted by Crippen LogP contribution is -2.34. The molecule has 148 valence electrons. The van der Waals surface area contributed by atoms with Gasteiger partial charge in [-0.05, 0) is 65.5 Å². The van der Waals surface area contributed by atoms with Crippen molar-refractivity contribution in [1.29, 1.82) is 0 Å². The van der Waals surface area contributed by atoms with Crippen molar-refractivity contribution >= 4 is 11.7 Å². The monoisotopic (exact) mass is 379 g/mol. The lowest BCUT2D eigenvalue weighted by molar-refractivity contribution is 0.0537. The number of amides is 1. The summed E-state index contributed by atoms with van der Waals surface area (Å²) in [7, 11) is 1.39. The van der Waals surface area contributed by atoms with E-state index in [1.807, 2.05) is 6.92 Å². The summed E-state index contributed by atoms with van der Waals surface area (Å²) < 4.78 is 0. The largest absolute Gasteiger partial charge is 0.289 e. The Labute approximate surface area is 167 Å². The van der Waals surface area contributed by atoms with E-state index < -0.39 is 0 Å². The lowest BCUT2D eigenvalue weighted by Gasteiger charge is -2.42. The van der Waals surface area contributed by atoms with E-state index in [9.17, 15) is 9.59 Å². The van der Waals surface area contributed by atoms with Crippen molar-refractivity contribution in [2.45, 2.75) is 58.3 Å². The Morgan fingerprint density at radius 3 is 1.93 bits per heavy atom. The molecule has 1 N–H and O–H groups in total. The van der Waals surface area contributed by atoms with Crippen LogP contribution in [0.15, 0.2) is 36.4 Å². The fourth-order valence-electron chi connectivity index (χ4n) is 4.05. The average molecular weight is 380 g/mol. The van der Waals surface area contributed by atoms with Crippen molar-refractivity contribution < 1.29 is 14.4 Å². The maximum absolute atomic E-state index is 13.2. The van der Waals surface area contributed by atoms with Crippen LogP contribution in [0.3, 0.4) is 0 Å². The van der Waals surface area contributed by atoms with Crippen molar-refractivity contribution in [3.05, 3.63) is 69.8 Å². The first-order chi connectivity index (χ1) is 13.1. The van der Waals surface area contributed by atoms with Crippen LogP contribution in [0, 0.1) is 6.92 Å². The second-order valence-corrected chi connectivity index (χ2v) is 9.02. The third-order valence-electron chi connectivity index (χ3n) is 6.05. The first-order valence-electron chi connectivity index (χ1n) is 9.70. The maximum Gasteiger partial charge on any atom is 0.274 e. The van der Waals surface area contributed by atoms with E-state index in [1.54, 1.807) is 24.3 Å². The molecule has 0 unspecified atom stereocenters. The second-order valence-electron chi connectivity index (χ2n) is 9.02. The third kappa shape index (κ3) is 3.61. The molecule has 0 aliphatic heterocycles. The minimum atomic E-state index is -0.338. The van der Waals surface area contributed by atoms with Gasteiger partial charge >= 0.3 is 0 Å². The summed E-state index contributed by atoms with van der Waals surface area (Å²) in [5.74, 6) is -0.353. The normalized spacial score (nSPS) is 16.9. The maximum atomic E-state index is 13.2. The molecule has 2 aromatic rings. The smallest absolute Gasteiger partial charge is 0.274 e. The molecule has 0 bridgehead atoms. The zero-order valence-corrected chi connectivity index (χ0v) is 17.6. The molecule has 2 aromatic carbocycles. The Morgan fingerprint density at radius 2 is 1.39 bits per heavy atom. The summed E-state index contributed by atoms with van der Waals surface area (Å²) in [6.45, 7) is 11.1. The van der Waals surface area contributed by atoms with Gasteiger partial charge in [0.2, 0.25) is 0 Å². The van der Waals surface area contributed by atoms with Crippen LogP contribution in [0.4, 0.5) is 0 Å². The number of hydroxylamine groups is 1.